The van der Waals surface area contributed by atoms with Crippen molar-refractivity contribution in [2.75, 3.05) is 0 Å². The Hall–Kier alpha value is -14.7. The van der Waals surface area contributed by atoms with Crippen molar-refractivity contribution in [1.29, 1.82) is 0 Å². The second-order valence-corrected chi connectivity index (χ2v) is 29.4. The number of hydrogen-bond acceptors (Lipinski definition) is 4. The summed E-state index contributed by atoms with van der Waals surface area (Å²) in [5.41, 5.74) is 18.4. The predicted molar refractivity (Wildman–Crippen MR) is 465 cm³/mol. The van der Waals surface area contributed by atoms with Gasteiger partial charge in [-0.1, -0.05) is 413 Å². The summed E-state index contributed by atoms with van der Waals surface area (Å²) in [7, 11) is 0. The predicted octanol–water partition coefficient (Wildman–Crippen LogP) is 24.7. The minimum absolute atomic E-state index is 0.548. The van der Waals surface area contributed by atoms with Gasteiger partial charge < -0.3 is 0 Å². The van der Waals surface area contributed by atoms with Crippen LogP contribution < -0.4 is 0 Å². The van der Waals surface area contributed by atoms with Crippen molar-refractivity contribution in [2.45, 2.75) is 21.7 Å². The number of para-hydroxylation sites is 2. The van der Waals surface area contributed by atoms with Crippen molar-refractivity contribution >= 4 is 43.6 Å². The fraction of sp³-hybridized carbons (Fsp3) is 0.0370. The lowest BCUT2D eigenvalue weighted by Gasteiger charge is -2.39. The van der Waals surface area contributed by atoms with Gasteiger partial charge in [0.25, 0.3) is 0 Å². The van der Waals surface area contributed by atoms with E-state index in [1.54, 1.807) is 0 Å². The highest BCUT2D eigenvalue weighted by atomic mass is 15.2. The molecule has 0 unspecified atom stereocenters. The second kappa shape index (κ2) is 28.9. The third-order valence-corrected chi connectivity index (χ3v) is 23.5. The zero-order valence-corrected chi connectivity index (χ0v) is 62.6. The van der Waals surface area contributed by atoms with E-state index >= 15 is 0 Å². The van der Waals surface area contributed by atoms with Crippen LogP contribution in [0.1, 0.15) is 89.5 Å². The van der Waals surface area contributed by atoms with Gasteiger partial charge in [0, 0.05) is 21.5 Å². The maximum absolute atomic E-state index is 6.11. The molecule has 16 aromatic carbocycles. The largest absolute Gasteiger partial charge is 0.278 e. The molecule has 4 heterocycles. The summed E-state index contributed by atoms with van der Waals surface area (Å²) in [6, 6.07) is 167. The monoisotopic (exact) mass is 1460 g/mol. The van der Waals surface area contributed by atoms with Gasteiger partial charge in [0.1, 0.15) is 0 Å². The van der Waals surface area contributed by atoms with E-state index in [4.69, 9.17) is 19.9 Å². The van der Waals surface area contributed by atoms with Gasteiger partial charge >= 0.3 is 0 Å². The lowest BCUT2D eigenvalue weighted by atomic mass is 9.64. The molecule has 538 valence electrons. The molecule has 0 spiro atoms. The van der Waals surface area contributed by atoms with Gasteiger partial charge in [-0.3, -0.25) is 9.13 Å². The molecule has 0 atom stereocenters. The van der Waals surface area contributed by atoms with Crippen LogP contribution in [0.5, 0.6) is 0 Å². The minimum Gasteiger partial charge on any atom is -0.278 e. The first-order valence-corrected chi connectivity index (χ1v) is 39.1. The number of fused-ring (bicyclic) bond motifs is 6. The summed E-state index contributed by atoms with van der Waals surface area (Å²) in [6.45, 7) is 0. The molecular weight excluding hydrogens is 1380 g/mol. The van der Waals surface area contributed by atoms with Gasteiger partial charge in [-0.05, 0) is 126 Å². The maximum atomic E-state index is 6.11. The number of benzene rings is 16. The van der Waals surface area contributed by atoms with Crippen molar-refractivity contribution in [3.63, 3.8) is 0 Å². The molecule has 4 aromatic heterocycles. The van der Waals surface area contributed by atoms with Gasteiger partial charge in [0.2, 0.25) is 11.9 Å². The van der Waals surface area contributed by atoms with Crippen LogP contribution in [-0.2, 0) is 21.7 Å². The lowest BCUT2D eigenvalue weighted by Crippen LogP contribution is -2.36. The molecule has 0 amide bonds. The molecular formula is C108H76N6. The average molecular weight is 1460 g/mol. The smallest absolute Gasteiger partial charge is 0.235 e. The standard InChI is InChI=1S/C108H76N6/c1-13-41-79(42-14-1)105(80-43-15-2-16-44-80,81-45-17-3-18-46-81)99-75-100(106(82-47-19-4-20-48-82,83-49-21-5-22-50-83)84-51-23-6-24-52-84)110-103(109-99)113-95-67-39-37-65-91(95)93-73-77(69-71-97(93)113)78-70-72-98-94(74-78)92-66-38-40-68-96(92)114(98)104-111-101(107(85-53-25-7-26-54-85,86-55-27-8-28-56-86)87-57-29-9-30-58-87)76-102(112-104)108(88-59-31-10-32-60-88,89-61-33-11-34-62-89)90-63-35-12-36-64-90/h1-76H. The number of rotatable bonds is 19. The summed E-state index contributed by atoms with van der Waals surface area (Å²) in [5.74, 6) is 1.10. The summed E-state index contributed by atoms with van der Waals surface area (Å²) in [5, 5.41) is 4.28. The van der Waals surface area contributed by atoms with Crippen molar-refractivity contribution in [3.05, 3.63) is 551 Å². The Labute approximate surface area is 663 Å². The van der Waals surface area contributed by atoms with E-state index in [0.29, 0.717) is 11.9 Å². The highest BCUT2D eigenvalue weighted by Crippen LogP contribution is 2.53. The van der Waals surface area contributed by atoms with Crippen LogP contribution in [-0.4, -0.2) is 29.1 Å². The summed E-state index contributed by atoms with van der Waals surface area (Å²) in [6.07, 6.45) is 0. The Morgan fingerprint density at radius 1 is 0.149 bits per heavy atom. The molecule has 0 aliphatic rings. The third kappa shape index (κ3) is 11.1. The van der Waals surface area contributed by atoms with Crippen molar-refractivity contribution in [3.8, 4) is 23.0 Å². The Bertz CT molecular complexity index is 5700. The van der Waals surface area contributed by atoms with Gasteiger partial charge in [-0.2, -0.15) is 0 Å². The van der Waals surface area contributed by atoms with Crippen LogP contribution in [0.3, 0.4) is 0 Å². The first kappa shape index (κ1) is 68.5. The van der Waals surface area contributed by atoms with Crippen molar-refractivity contribution in [2.24, 2.45) is 0 Å². The highest BCUT2D eigenvalue weighted by molar-refractivity contribution is 6.12. The Kier molecular flexibility index (Phi) is 17.4. The molecule has 0 radical (unpaired) electrons. The van der Waals surface area contributed by atoms with Crippen LogP contribution >= 0.6 is 0 Å². The normalized spacial score (nSPS) is 12.0. The molecule has 20 aromatic rings. The van der Waals surface area contributed by atoms with Crippen LogP contribution in [0.4, 0.5) is 0 Å². The van der Waals surface area contributed by atoms with E-state index in [0.717, 1.165) is 144 Å². The van der Waals surface area contributed by atoms with Crippen LogP contribution in [0, 0.1) is 0 Å². The number of hydrogen-bond donors (Lipinski definition) is 0. The molecule has 0 saturated carbocycles. The first-order chi connectivity index (χ1) is 56.5. The Morgan fingerprint density at radius 3 is 0.509 bits per heavy atom. The number of aromatic nitrogens is 6. The Morgan fingerprint density at radius 2 is 0.316 bits per heavy atom. The zero-order valence-electron chi connectivity index (χ0n) is 62.6. The number of nitrogens with zero attached hydrogens (tertiary/aromatic N) is 6. The SMILES string of the molecule is c1ccc(C(c2ccccc2)(c2ccccc2)c2cc(C(c3ccccc3)(c3ccccc3)c3ccccc3)nc(-n3c4ccccc4c4cc(-c5ccc6c(c5)c5ccccc5n6-c5nc(C(c6ccccc6)(c6ccccc6)c6ccccc6)cc(C(c6ccccc6)(c6ccccc6)c6ccccc6)n5)ccc43)n2)cc1. The van der Waals surface area contributed by atoms with E-state index in [1.165, 1.54) is 0 Å². The van der Waals surface area contributed by atoms with Crippen LogP contribution in [0.15, 0.2) is 461 Å². The van der Waals surface area contributed by atoms with E-state index in [2.05, 4.69) is 470 Å². The zero-order chi connectivity index (χ0) is 75.9. The van der Waals surface area contributed by atoms with Crippen LogP contribution in [0.25, 0.3) is 66.6 Å². The molecule has 0 N–H and O–H groups in total. The molecule has 114 heavy (non-hydrogen) atoms. The average Bonchev–Trinajstić information content (AvgIpc) is 0.896. The summed E-state index contributed by atoms with van der Waals surface area (Å²) >= 11 is 0. The van der Waals surface area contributed by atoms with Crippen molar-refractivity contribution in [1.82, 2.24) is 29.1 Å². The summed E-state index contributed by atoms with van der Waals surface area (Å²) in [4.78, 5) is 24.4. The minimum atomic E-state index is -0.953. The molecule has 0 bridgehead atoms. The van der Waals surface area contributed by atoms with E-state index in [1.807, 2.05) is 0 Å². The van der Waals surface area contributed by atoms with Gasteiger partial charge in [0.15, 0.2) is 0 Å². The topological polar surface area (TPSA) is 61.4 Å². The van der Waals surface area contributed by atoms with E-state index < -0.39 is 21.7 Å². The molecule has 0 aliphatic heterocycles. The molecule has 0 fully saturated rings. The quantitative estimate of drug-likeness (QED) is 0.0757. The molecule has 6 heteroatoms. The fourth-order valence-corrected chi connectivity index (χ4v) is 18.6. The second-order valence-electron chi connectivity index (χ2n) is 29.4. The maximum Gasteiger partial charge on any atom is 0.235 e. The first-order valence-electron chi connectivity index (χ1n) is 39.1. The highest BCUT2D eigenvalue weighted by Gasteiger charge is 2.48. The lowest BCUT2D eigenvalue weighted by molar-refractivity contribution is 0.665. The van der Waals surface area contributed by atoms with E-state index in [9.17, 15) is 0 Å². The van der Waals surface area contributed by atoms with Gasteiger partial charge in [0.05, 0.1) is 66.5 Å². The molecule has 0 saturated heterocycles. The van der Waals surface area contributed by atoms with Crippen LogP contribution in [0.2, 0.25) is 0 Å². The third-order valence-electron chi connectivity index (χ3n) is 23.5. The molecule has 20 rings (SSSR count). The fourth-order valence-electron chi connectivity index (χ4n) is 18.6. The molecule has 6 nitrogen and oxygen atoms in total. The van der Waals surface area contributed by atoms with E-state index in [-0.39, 0.29) is 0 Å². The van der Waals surface area contributed by atoms with Crippen molar-refractivity contribution < 1.29 is 0 Å². The van der Waals surface area contributed by atoms with Gasteiger partial charge in [-0.25, -0.2) is 19.9 Å². The summed E-state index contributed by atoms with van der Waals surface area (Å²) < 4.78 is 4.62. The molecule has 0 aliphatic carbocycles. The Balaban J connectivity index is 0.834. The van der Waals surface area contributed by atoms with Gasteiger partial charge in [-0.15, -0.1) is 0 Å².